The smallest absolute Gasteiger partial charge is 0.160 e. The summed E-state index contributed by atoms with van der Waals surface area (Å²) in [5.41, 5.74) is 2.95. The second-order valence-electron chi connectivity index (χ2n) is 5.44. The predicted octanol–water partition coefficient (Wildman–Crippen LogP) is 7.96. The van der Waals surface area contributed by atoms with Crippen LogP contribution in [0.3, 0.4) is 0 Å². The maximum absolute atomic E-state index is 6.18. The van der Waals surface area contributed by atoms with Crippen LogP contribution in [0.15, 0.2) is 72.8 Å². The number of nitrogens with one attached hydrogen (secondary N) is 1. The first kappa shape index (κ1) is 18.4. The Morgan fingerprint density at radius 1 is 0.731 bits per heavy atom. The molecule has 0 bridgehead atoms. The summed E-state index contributed by atoms with van der Waals surface area (Å²) in [6.07, 6.45) is 0. The van der Waals surface area contributed by atoms with Gasteiger partial charge in [0.25, 0.3) is 0 Å². The van der Waals surface area contributed by atoms with E-state index >= 15 is 0 Å². The van der Waals surface area contributed by atoms with Crippen molar-refractivity contribution >= 4 is 34.1 Å². The molecule has 4 aromatic rings. The highest BCUT2D eigenvalue weighted by atomic mass is 35.5. The molecule has 0 unspecified atom stereocenters. The van der Waals surface area contributed by atoms with Gasteiger partial charge in [0.2, 0.25) is 0 Å². The molecule has 4 heteroatoms. The van der Waals surface area contributed by atoms with Crippen molar-refractivity contribution in [2.45, 2.75) is 13.8 Å². The maximum atomic E-state index is 6.18. The van der Waals surface area contributed by atoms with E-state index in [0.717, 1.165) is 33.7 Å². The zero-order valence-corrected chi connectivity index (χ0v) is 16.1. The molecule has 0 aliphatic heterocycles. The van der Waals surface area contributed by atoms with E-state index in [2.05, 4.69) is 4.98 Å². The Morgan fingerprint density at radius 3 is 1.96 bits per heavy atom. The largest absolute Gasteiger partial charge is 0.454 e. The minimum atomic E-state index is 0.680. The normalized spacial score (nSPS) is 10.3. The molecule has 132 valence electrons. The van der Waals surface area contributed by atoms with Crippen LogP contribution in [0.2, 0.25) is 10.0 Å². The molecule has 0 aliphatic carbocycles. The highest BCUT2D eigenvalue weighted by molar-refractivity contribution is 6.30. The van der Waals surface area contributed by atoms with Crippen LogP contribution in [0.4, 0.5) is 0 Å². The molecule has 1 N–H and O–H groups in total. The average molecular weight is 384 g/mol. The lowest BCUT2D eigenvalue weighted by Crippen LogP contribution is -1.86. The van der Waals surface area contributed by atoms with Gasteiger partial charge in [-0.05, 0) is 48.5 Å². The number of hydrogen-bond donors (Lipinski definition) is 1. The standard InChI is InChI=1S/C20H13Cl2NO.C2H6/c21-14-7-5-13(6-8-14)19-20(17-3-1-2-4-18(17)23-19)24-16-11-9-15(22)10-12-16;1-2/h1-12,23H;1-2H3. The molecule has 0 saturated heterocycles. The first-order chi connectivity index (χ1) is 12.7. The van der Waals surface area contributed by atoms with Crippen LogP contribution < -0.4 is 4.74 Å². The number of aromatic nitrogens is 1. The Morgan fingerprint density at radius 2 is 1.31 bits per heavy atom. The first-order valence-corrected chi connectivity index (χ1v) is 9.26. The Hall–Kier alpha value is -2.42. The molecule has 4 rings (SSSR count). The fourth-order valence-electron chi connectivity index (χ4n) is 2.66. The molecule has 1 heterocycles. The van der Waals surface area contributed by atoms with Crippen molar-refractivity contribution in [2.75, 3.05) is 0 Å². The SMILES string of the molecule is CC.Clc1ccc(Oc2c(-c3ccc(Cl)cc3)[nH]c3ccccc23)cc1. The third kappa shape index (κ3) is 3.87. The number of halogens is 2. The van der Waals surface area contributed by atoms with Crippen LogP contribution in [0.25, 0.3) is 22.2 Å². The Labute approximate surface area is 163 Å². The van der Waals surface area contributed by atoms with Gasteiger partial charge in [-0.3, -0.25) is 0 Å². The van der Waals surface area contributed by atoms with E-state index in [1.54, 1.807) is 0 Å². The molecule has 2 nitrogen and oxygen atoms in total. The molecule has 0 fully saturated rings. The van der Waals surface area contributed by atoms with E-state index in [-0.39, 0.29) is 0 Å². The van der Waals surface area contributed by atoms with Crippen molar-refractivity contribution in [2.24, 2.45) is 0 Å². The molecule has 3 aromatic carbocycles. The van der Waals surface area contributed by atoms with E-state index in [0.29, 0.717) is 10.0 Å². The van der Waals surface area contributed by atoms with E-state index in [1.807, 2.05) is 86.6 Å². The number of fused-ring (bicyclic) bond motifs is 1. The van der Waals surface area contributed by atoms with Gasteiger partial charge in [0.05, 0.1) is 5.69 Å². The summed E-state index contributed by atoms with van der Waals surface area (Å²) in [6, 6.07) is 23.1. The predicted molar refractivity (Wildman–Crippen MR) is 112 cm³/mol. The molecule has 26 heavy (non-hydrogen) atoms. The van der Waals surface area contributed by atoms with E-state index < -0.39 is 0 Å². The molecule has 0 amide bonds. The summed E-state index contributed by atoms with van der Waals surface area (Å²) < 4.78 is 6.18. The molecule has 0 atom stereocenters. The number of ether oxygens (including phenoxy) is 1. The van der Waals surface area contributed by atoms with Crippen LogP contribution in [-0.4, -0.2) is 4.98 Å². The zero-order valence-electron chi connectivity index (χ0n) is 14.6. The molecule has 0 aliphatic rings. The van der Waals surface area contributed by atoms with Gasteiger partial charge in [-0.1, -0.05) is 61.3 Å². The Bertz CT molecular complexity index is 989. The summed E-state index contributed by atoms with van der Waals surface area (Å²) in [6.45, 7) is 4.00. The van der Waals surface area contributed by atoms with Crippen molar-refractivity contribution < 1.29 is 4.74 Å². The number of H-pyrrole nitrogens is 1. The van der Waals surface area contributed by atoms with Crippen LogP contribution in [0.1, 0.15) is 13.8 Å². The van der Waals surface area contributed by atoms with E-state index in [1.165, 1.54) is 0 Å². The molecule has 0 saturated carbocycles. The van der Waals surface area contributed by atoms with Crippen LogP contribution in [0.5, 0.6) is 11.5 Å². The number of benzene rings is 3. The zero-order chi connectivity index (χ0) is 18.5. The van der Waals surface area contributed by atoms with Gasteiger partial charge in [0.15, 0.2) is 5.75 Å². The van der Waals surface area contributed by atoms with Crippen molar-refractivity contribution in [3.8, 4) is 22.8 Å². The second-order valence-corrected chi connectivity index (χ2v) is 6.31. The Kier molecular flexibility index (Phi) is 5.87. The minimum Gasteiger partial charge on any atom is -0.454 e. The number of aromatic amines is 1. The van der Waals surface area contributed by atoms with Gasteiger partial charge in [0.1, 0.15) is 5.75 Å². The minimum absolute atomic E-state index is 0.680. The molecular formula is C22H19Cl2NO. The number of para-hydroxylation sites is 1. The highest BCUT2D eigenvalue weighted by Gasteiger charge is 2.15. The second kappa shape index (κ2) is 8.31. The lowest BCUT2D eigenvalue weighted by Gasteiger charge is -2.08. The van der Waals surface area contributed by atoms with Crippen LogP contribution in [-0.2, 0) is 0 Å². The summed E-state index contributed by atoms with van der Waals surface area (Å²) in [4.78, 5) is 3.44. The van der Waals surface area contributed by atoms with Gasteiger partial charge < -0.3 is 9.72 Å². The summed E-state index contributed by atoms with van der Waals surface area (Å²) in [5.74, 6) is 1.52. The molecule has 1 aromatic heterocycles. The average Bonchev–Trinajstić information content (AvgIpc) is 3.04. The van der Waals surface area contributed by atoms with E-state index in [4.69, 9.17) is 27.9 Å². The summed E-state index contributed by atoms with van der Waals surface area (Å²) in [7, 11) is 0. The van der Waals surface area contributed by atoms with Crippen LogP contribution >= 0.6 is 23.2 Å². The molecular weight excluding hydrogens is 365 g/mol. The Balaban J connectivity index is 0.000000948. The lowest BCUT2D eigenvalue weighted by molar-refractivity contribution is 0.490. The fraction of sp³-hybridized carbons (Fsp3) is 0.0909. The van der Waals surface area contributed by atoms with Gasteiger partial charge >= 0.3 is 0 Å². The molecule has 0 radical (unpaired) electrons. The van der Waals surface area contributed by atoms with Crippen molar-refractivity contribution in [3.05, 3.63) is 82.8 Å². The number of hydrogen-bond acceptors (Lipinski definition) is 1. The summed E-state index contributed by atoms with van der Waals surface area (Å²) in [5, 5.41) is 2.41. The van der Waals surface area contributed by atoms with Crippen molar-refractivity contribution in [3.63, 3.8) is 0 Å². The van der Waals surface area contributed by atoms with Gasteiger partial charge in [-0.2, -0.15) is 0 Å². The van der Waals surface area contributed by atoms with Gasteiger partial charge in [-0.15, -0.1) is 0 Å². The summed E-state index contributed by atoms with van der Waals surface area (Å²) >= 11 is 12.0. The van der Waals surface area contributed by atoms with Crippen molar-refractivity contribution in [1.29, 1.82) is 0 Å². The highest BCUT2D eigenvalue weighted by Crippen LogP contribution is 2.40. The van der Waals surface area contributed by atoms with Gasteiger partial charge in [0, 0.05) is 26.5 Å². The quantitative estimate of drug-likeness (QED) is 0.381. The van der Waals surface area contributed by atoms with Crippen molar-refractivity contribution in [1.82, 2.24) is 4.98 Å². The topological polar surface area (TPSA) is 25.0 Å². The third-order valence-corrected chi connectivity index (χ3v) is 4.33. The maximum Gasteiger partial charge on any atom is 0.160 e. The van der Waals surface area contributed by atoms with Crippen LogP contribution in [0, 0.1) is 0 Å². The van der Waals surface area contributed by atoms with E-state index in [9.17, 15) is 0 Å². The monoisotopic (exact) mass is 383 g/mol. The van der Waals surface area contributed by atoms with Gasteiger partial charge in [-0.25, -0.2) is 0 Å². The first-order valence-electron chi connectivity index (χ1n) is 8.51. The lowest BCUT2D eigenvalue weighted by atomic mass is 10.1. The fourth-order valence-corrected chi connectivity index (χ4v) is 2.91. The number of rotatable bonds is 3. The molecule has 0 spiro atoms. The third-order valence-electron chi connectivity index (χ3n) is 3.82.